The van der Waals surface area contributed by atoms with Crippen LogP contribution < -0.4 is 0 Å². The van der Waals surface area contributed by atoms with Crippen molar-refractivity contribution in [3.05, 3.63) is 71.8 Å². The molecule has 6 heteroatoms. The Balaban J connectivity index is 0.000000380. The van der Waals surface area contributed by atoms with E-state index >= 15 is 0 Å². The van der Waals surface area contributed by atoms with Crippen LogP contribution in [-0.2, 0) is 19.9 Å². The molecule has 6 nitrogen and oxygen atoms in total. The number of ether oxygens (including phenoxy) is 1. The van der Waals surface area contributed by atoms with E-state index in [9.17, 15) is 0 Å². The summed E-state index contributed by atoms with van der Waals surface area (Å²) in [5.74, 6) is -3.18. The van der Waals surface area contributed by atoms with Crippen LogP contribution >= 0.6 is 0 Å². The number of aliphatic carboxylic acids is 2. The van der Waals surface area contributed by atoms with E-state index in [-0.39, 0.29) is 5.60 Å². The normalized spacial score (nSPS) is 17.8. The number of carbonyl (C=O) groups is 2. The van der Waals surface area contributed by atoms with E-state index in [1.165, 1.54) is 11.1 Å². The van der Waals surface area contributed by atoms with Gasteiger partial charge >= 0.3 is 11.9 Å². The smallest absolute Gasteiger partial charge is 0.414 e. The van der Waals surface area contributed by atoms with Crippen LogP contribution in [0.1, 0.15) is 17.5 Å². The van der Waals surface area contributed by atoms with Gasteiger partial charge in [-0.2, -0.15) is 0 Å². The zero-order chi connectivity index (χ0) is 19.9. The summed E-state index contributed by atoms with van der Waals surface area (Å²) in [5.41, 5.74) is 2.22. The van der Waals surface area contributed by atoms with Crippen LogP contribution in [0.15, 0.2) is 60.7 Å². The third kappa shape index (κ3) is 4.93. The predicted molar refractivity (Wildman–Crippen MR) is 102 cm³/mol. The molecule has 1 heterocycles. The first kappa shape index (κ1) is 20.6. The average Bonchev–Trinajstić information content (AvgIpc) is 3.07. The first-order valence-electron chi connectivity index (χ1n) is 8.74. The molecule has 0 amide bonds. The van der Waals surface area contributed by atoms with Crippen LogP contribution in [0.4, 0.5) is 0 Å². The number of carboxylic acids is 2. The van der Waals surface area contributed by atoms with Crippen LogP contribution in [-0.4, -0.2) is 54.3 Å². The summed E-state index contributed by atoms with van der Waals surface area (Å²) in [6.07, 6.45) is 1.10. The van der Waals surface area contributed by atoms with Crippen molar-refractivity contribution >= 4 is 11.9 Å². The summed E-state index contributed by atoms with van der Waals surface area (Å²) in [6.45, 7) is 1.85. The Morgan fingerprint density at radius 3 is 1.78 bits per heavy atom. The Labute approximate surface area is 159 Å². The zero-order valence-electron chi connectivity index (χ0n) is 15.5. The molecule has 0 aliphatic carbocycles. The van der Waals surface area contributed by atoms with Gasteiger partial charge in [0.05, 0.1) is 0 Å². The summed E-state index contributed by atoms with van der Waals surface area (Å²) in [6, 6.07) is 21.3. The molecule has 1 fully saturated rings. The SMILES string of the molecule is CN(C)CC1CCOC1(c1ccccc1)c1ccccc1.O=C(O)C(=O)O. The van der Waals surface area contributed by atoms with Gasteiger partial charge in [-0.15, -0.1) is 0 Å². The minimum atomic E-state index is -1.82. The van der Waals surface area contributed by atoms with Crippen molar-refractivity contribution in [2.45, 2.75) is 12.0 Å². The number of rotatable bonds is 4. The number of benzene rings is 2. The van der Waals surface area contributed by atoms with Crippen LogP contribution in [0.5, 0.6) is 0 Å². The molecule has 1 aliphatic heterocycles. The number of carboxylic acid groups (broad SMARTS) is 2. The Hall–Kier alpha value is -2.70. The molecule has 1 atom stereocenters. The highest BCUT2D eigenvalue weighted by Crippen LogP contribution is 2.46. The van der Waals surface area contributed by atoms with Crippen molar-refractivity contribution in [2.75, 3.05) is 27.2 Å². The van der Waals surface area contributed by atoms with Crippen molar-refractivity contribution in [3.8, 4) is 0 Å². The fraction of sp³-hybridized carbons (Fsp3) is 0.333. The van der Waals surface area contributed by atoms with Gasteiger partial charge in [0.1, 0.15) is 5.60 Å². The minimum Gasteiger partial charge on any atom is -0.473 e. The average molecular weight is 371 g/mol. The van der Waals surface area contributed by atoms with Gasteiger partial charge in [-0.1, -0.05) is 60.7 Å². The second kappa shape index (κ2) is 9.30. The summed E-state index contributed by atoms with van der Waals surface area (Å²) in [5, 5.41) is 14.8. The van der Waals surface area contributed by atoms with E-state index in [0.29, 0.717) is 5.92 Å². The Morgan fingerprint density at radius 2 is 1.41 bits per heavy atom. The highest BCUT2D eigenvalue weighted by Gasteiger charge is 2.47. The second-order valence-corrected chi connectivity index (χ2v) is 6.67. The highest BCUT2D eigenvalue weighted by atomic mass is 16.5. The van der Waals surface area contributed by atoms with Crippen molar-refractivity contribution in [1.29, 1.82) is 0 Å². The van der Waals surface area contributed by atoms with Gasteiger partial charge in [0.15, 0.2) is 0 Å². The molecule has 0 aromatic heterocycles. The van der Waals surface area contributed by atoms with E-state index in [1.807, 2.05) is 0 Å². The Morgan fingerprint density at radius 1 is 0.963 bits per heavy atom. The van der Waals surface area contributed by atoms with Crippen molar-refractivity contribution < 1.29 is 24.5 Å². The molecule has 0 bridgehead atoms. The van der Waals surface area contributed by atoms with E-state index in [0.717, 1.165) is 19.6 Å². The van der Waals surface area contributed by atoms with E-state index in [4.69, 9.17) is 24.5 Å². The van der Waals surface area contributed by atoms with Crippen molar-refractivity contribution in [2.24, 2.45) is 5.92 Å². The second-order valence-electron chi connectivity index (χ2n) is 6.67. The van der Waals surface area contributed by atoms with Gasteiger partial charge in [0.25, 0.3) is 0 Å². The molecule has 3 rings (SSSR count). The molecule has 2 aromatic carbocycles. The topological polar surface area (TPSA) is 87.1 Å². The van der Waals surface area contributed by atoms with Crippen LogP contribution in [0.2, 0.25) is 0 Å². The maximum Gasteiger partial charge on any atom is 0.414 e. The number of nitrogens with zero attached hydrogens (tertiary/aromatic N) is 1. The van der Waals surface area contributed by atoms with Gasteiger partial charge in [-0.05, 0) is 31.6 Å². The predicted octanol–water partition coefficient (Wildman–Crippen LogP) is 2.68. The quantitative estimate of drug-likeness (QED) is 0.804. The molecule has 144 valence electrons. The highest BCUT2D eigenvalue weighted by molar-refractivity contribution is 6.27. The molecule has 0 radical (unpaired) electrons. The summed E-state index contributed by atoms with van der Waals surface area (Å²) in [7, 11) is 4.28. The molecule has 1 unspecified atom stereocenters. The molecule has 0 saturated carbocycles. The van der Waals surface area contributed by atoms with Gasteiger partial charge in [0.2, 0.25) is 0 Å². The van der Waals surface area contributed by atoms with E-state index in [1.54, 1.807) is 0 Å². The van der Waals surface area contributed by atoms with Crippen LogP contribution in [0.3, 0.4) is 0 Å². The summed E-state index contributed by atoms with van der Waals surface area (Å²) >= 11 is 0. The fourth-order valence-electron chi connectivity index (χ4n) is 3.52. The molecule has 2 aromatic rings. The monoisotopic (exact) mass is 371 g/mol. The van der Waals surface area contributed by atoms with Crippen LogP contribution in [0.25, 0.3) is 0 Å². The Bertz CT molecular complexity index is 694. The van der Waals surface area contributed by atoms with E-state index in [2.05, 4.69) is 79.7 Å². The lowest BCUT2D eigenvalue weighted by Crippen LogP contribution is -2.39. The minimum absolute atomic E-state index is 0.313. The largest absolute Gasteiger partial charge is 0.473 e. The maximum atomic E-state index is 9.10. The molecular formula is C21H25NO5. The third-order valence-corrected chi connectivity index (χ3v) is 4.54. The van der Waals surface area contributed by atoms with Gasteiger partial charge < -0.3 is 19.8 Å². The van der Waals surface area contributed by atoms with Gasteiger partial charge in [-0.3, -0.25) is 0 Å². The fourth-order valence-corrected chi connectivity index (χ4v) is 3.52. The number of hydrogen-bond donors (Lipinski definition) is 2. The molecule has 2 N–H and O–H groups in total. The van der Waals surface area contributed by atoms with Crippen molar-refractivity contribution in [1.82, 2.24) is 4.90 Å². The zero-order valence-corrected chi connectivity index (χ0v) is 15.5. The van der Waals surface area contributed by atoms with Gasteiger partial charge in [0, 0.05) is 19.1 Å². The lowest BCUT2D eigenvalue weighted by molar-refractivity contribution is -0.159. The molecule has 0 spiro atoms. The first-order chi connectivity index (χ1) is 12.9. The standard InChI is InChI=1S/C19H23NO.C2H2O4/c1-20(2)15-18-13-14-21-19(18,16-9-5-3-6-10-16)17-11-7-4-8-12-17;3-1(4)2(5)6/h3-12,18H,13-15H2,1-2H3;(H,3,4)(H,5,6). The van der Waals surface area contributed by atoms with E-state index < -0.39 is 11.9 Å². The molecule has 1 saturated heterocycles. The Kier molecular flexibility index (Phi) is 7.10. The van der Waals surface area contributed by atoms with Crippen LogP contribution in [0, 0.1) is 5.92 Å². The molecular weight excluding hydrogens is 346 g/mol. The molecule has 1 aliphatic rings. The third-order valence-electron chi connectivity index (χ3n) is 4.54. The summed E-state index contributed by atoms with van der Waals surface area (Å²) in [4.78, 5) is 20.5. The first-order valence-corrected chi connectivity index (χ1v) is 8.74. The maximum absolute atomic E-state index is 9.10. The lowest BCUT2D eigenvalue weighted by atomic mass is 9.76. The molecule has 27 heavy (non-hydrogen) atoms. The number of hydrogen-bond acceptors (Lipinski definition) is 4. The lowest BCUT2D eigenvalue weighted by Gasteiger charge is -2.37. The van der Waals surface area contributed by atoms with Crippen molar-refractivity contribution in [3.63, 3.8) is 0 Å². The summed E-state index contributed by atoms with van der Waals surface area (Å²) < 4.78 is 6.40. The van der Waals surface area contributed by atoms with Gasteiger partial charge in [-0.25, -0.2) is 9.59 Å².